The number of hydrogen-bond donors (Lipinski definition) is 0. The molecule has 0 aliphatic carbocycles. The first-order chi connectivity index (χ1) is 7.33. The SMILES string of the molecule is COC(=O)CC(=O)[O-].COC(=O)CC(=O)[O-].[Li+].[Li+]. The molecule has 0 radical (unpaired) electrons. The summed E-state index contributed by atoms with van der Waals surface area (Å²) >= 11 is 0. The van der Waals surface area contributed by atoms with E-state index in [0.29, 0.717) is 0 Å². The van der Waals surface area contributed by atoms with Crippen LogP contribution in [0.2, 0.25) is 0 Å². The molecule has 0 aliphatic heterocycles. The maximum Gasteiger partial charge on any atom is 1.00 e. The molecular weight excluding hydrogens is 238 g/mol. The number of rotatable bonds is 4. The first-order valence-corrected chi connectivity index (χ1v) is 3.86. The molecule has 0 amide bonds. The Morgan fingerprint density at radius 1 is 0.778 bits per heavy atom. The Kier molecular flexibility index (Phi) is 23.0. The van der Waals surface area contributed by atoms with E-state index in [4.69, 9.17) is 0 Å². The minimum Gasteiger partial charge on any atom is -0.550 e. The fourth-order valence-electron chi connectivity index (χ4n) is 0.380. The third-order valence-corrected chi connectivity index (χ3v) is 1.03. The quantitative estimate of drug-likeness (QED) is 0.272. The van der Waals surface area contributed by atoms with Crippen LogP contribution < -0.4 is 47.9 Å². The van der Waals surface area contributed by atoms with Crippen LogP contribution in [0.3, 0.4) is 0 Å². The van der Waals surface area contributed by atoms with Crippen molar-refractivity contribution in [2.24, 2.45) is 0 Å². The van der Waals surface area contributed by atoms with Crippen molar-refractivity contribution in [3.05, 3.63) is 0 Å². The molecule has 0 bridgehead atoms. The Bertz CT molecular complexity index is 250. The van der Waals surface area contributed by atoms with Crippen molar-refractivity contribution in [2.75, 3.05) is 14.2 Å². The smallest absolute Gasteiger partial charge is 0.550 e. The molecule has 0 aromatic rings. The topological polar surface area (TPSA) is 133 Å². The zero-order valence-corrected chi connectivity index (χ0v) is 10.7. The van der Waals surface area contributed by atoms with E-state index in [1.54, 1.807) is 0 Å². The Balaban J connectivity index is -0.0000000980. The standard InChI is InChI=1S/2C4H6O4.2Li/c2*1-8-4(7)2-3(5)6;;/h2*2H2,1H3,(H,5,6);;/q;;2*+1/p-2. The van der Waals surface area contributed by atoms with Gasteiger partial charge in [-0.3, -0.25) is 9.59 Å². The molecule has 8 nitrogen and oxygen atoms in total. The summed E-state index contributed by atoms with van der Waals surface area (Å²) < 4.78 is 8.00. The molecule has 0 saturated heterocycles. The Morgan fingerprint density at radius 2 is 1.00 bits per heavy atom. The van der Waals surface area contributed by atoms with Crippen molar-refractivity contribution in [3.8, 4) is 0 Å². The third-order valence-electron chi connectivity index (χ3n) is 1.03. The van der Waals surface area contributed by atoms with Crippen LogP contribution in [0.1, 0.15) is 12.8 Å². The molecule has 0 fully saturated rings. The average molecular weight is 248 g/mol. The van der Waals surface area contributed by atoms with E-state index in [-0.39, 0.29) is 37.7 Å². The number of carbonyl (C=O) groups excluding carboxylic acids is 4. The van der Waals surface area contributed by atoms with Crippen molar-refractivity contribution >= 4 is 23.9 Å². The van der Waals surface area contributed by atoms with Gasteiger partial charge in [0.2, 0.25) is 0 Å². The van der Waals surface area contributed by atoms with Gasteiger partial charge >= 0.3 is 49.7 Å². The van der Waals surface area contributed by atoms with Crippen LogP contribution in [0.25, 0.3) is 0 Å². The van der Waals surface area contributed by atoms with E-state index in [2.05, 4.69) is 9.47 Å². The summed E-state index contributed by atoms with van der Waals surface area (Å²) in [6, 6.07) is 0. The minimum absolute atomic E-state index is 0. The zero-order chi connectivity index (χ0) is 13.1. The van der Waals surface area contributed by atoms with Crippen molar-refractivity contribution < 1.29 is 76.6 Å². The predicted octanol–water partition coefficient (Wildman–Crippen LogP) is -9.39. The second-order valence-corrected chi connectivity index (χ2v) is 2.25. The number of carboxylic acids is 2. The zero-order valence-electron chi connectivity index (χ0n) is 10.7. The first kappa shape index (κ1) is 25.8. The van der Waals surface area contributed by atoms with Crippen molar-refractivity contribution in [1.29, 1.82) is 0 Å². The van der Waals surface area contributed by atoms with Gasteiger partial charge in [-0.1, -0.05) is 0 Å². The van der Waals surface area contributed by atoms with Crippen molar-refractivity contribution in [2.45, 2.75) is 12.8 Å². The van der Waals surface area contributed by atoms with E-state index in [0.717, 1.165) is 14.2 Å². The molecule has 0 rings (SSSR count). The summed E-state index contributed by atoms with van der Waals surface area (Å²) in [4.78, 5) is 39.1. The fourth-order valence-corrected chi connectivity index (χ4v) is 0.380. The number of ether oxygens (including phenoxy) is 2. The van der Waals surface area contributed by atoms with Crippen LogP contribution in [0.15, 0.2) is 0 Å². The molecule has 0 atom stereocenters. The number of hydrogen-bond acceptors (Lipinski definition) is 8. The molecule has 0 unspecified atom stereocenters. The van der Waals surface area contributed by atoms with Gasteiger partial charge in [0.05, 0.1) is 39.0 Å². The number of methoxy groups -OCH3 is 2. The van der Waals surface area contributed by atoms with Crippen LogP contribution in [0.4, 0.5) is 0 Å². The minimum atomic E-state index is -1.42. The summed E-state index contributed by atoms with van der Waals surface area (Å²) in [5.41, 5.74) is 0. The molecule has 0 aliphatic rings. The van der Waals surface area contributed by atoms with Gasteiger partial charge < -0.3 is 29.3 Å². The Labute approximate surface area is 127 Å². The molecule has 0 heterocycles. The van der Waals surface area contributed by atoms with Crippen LogP contribution in [0, 0.1) is 0 Å². The van der Waals surface area contributed by atoms with Gasteiger partial charge in [0.25, 0.3) is 0 Å². The Morgan fingerprint density at radius 3 is 1.06 bits per heavy atom. The fraction of sp³-hybridized carbons (Fsp3) is 0.500. The third kappa shape index (κ3) is 24.3. The van der Waals surface area contributed by atoms with Crippen LogP contribution in [-0.4, -0.2) is 38.1 Å². The van der Waals surface area contributed by atoms with Gasteiger partial charge in [-0.2, -0.15) is 0 Å². The van der Waals surface area contributed by atoms with Crippen LogP contribution in [-0.2, 0) is 28.7 Å². The maximum atomic E-state index is 9.98. The molecule has 0 N–H and O–H groups in total. The molecule has 18 heavy (non-hydrogen) atoms. The van der Waals surface area contributed by atoms with E-state index in [9.17, 15) is 29.4 Å². The van der Waals surface area contributed by atoms with Gasteiger partial charge in [-0.05, 0) is 0 Å². The van der Waals surface area contributed by atoms with Gasteiger partial charge in [-0.15, -0.1) is 0 Å². The number of carbonyl (C=O) groups is 4. The van der Waals surface area contributed by atoms with E-state index >= 15 is 0 Å². The molecule has 0 aromatic heterocycles. The van der Waals surface area contributed by atoms with E-state index in [1.165, 1.54) is 0 Å². The summed E-state index contributed by atoms with van der Waals surface area (Å²) in [6.07, 6.45) is -1.34. The molecular formula is C8H10Li2O8. The summed E-state index contributed by atoms with van der Waals surface area (Å²) in [7, 11) is 2.23. The van der Waals surface area contributed by atoms with E-state index in [1.807, 2.05) is 0 Å². The summed E-state index contributed by atoms with van der Waals surface area (Å²) in [5, 5.41) is 19.1. The molecule has 0 spiro atoms. The predicted molar refractivity (Wildman–Crippen MR) is 43.3 cm³/mol. The van der Waals surface area contributed by atoms with E-state index < -0.39 is 36.7 Å². The number of esters is 2. The van der Waals surface area contributed by atoms with Gasteiger partial charge in [0, 0.05) is 0 Å². The summed E-state index contributed by atoms with van der Waals surface area (Å²) in [5.74, 6) is -4.41. The second kappa shape index (κ2) is 16.1. The molecule has 0 aromatic carbocycles. The largest absolute Gasteiger partial charge is 1.00 e. The normalized spacial score (nSPS) is 7.22. The van der Waals surface area contributed by atoms with Gasteiger partial charge in [-0.25, -0.2) is 0 Å². The number of carboxylic acid groups (broad SMARTS) is 2. The van der Waals surface area contributed by atoms with Crippen molar-refractivity contribution in [1.82, 2.24) is 0 Å². The first-order valence-electron chi connectivity index (χ1n) is 3.86. The molecule has 92 valence electrons. The van der Waals surface area contributed by atoms with Crippen LogP contribution >= 0.6 is 0 Å². The Hall–Kier alpha value is -0.925. The monoisotopic (exact) mass is 248 g/mol. The van der Waals surface area contributed by atoms with Gasteiger partial charge in [0.15, 0.2) is 0 Å². The van der Waals surface area contributed by atoms with Crippen LogP contribution in [0.5, 0.6) is 0 Å². The summed E-state index contributed by atoms with van der Waals surface area (Å²) in [6.45, 7) is 0. The van der Waals surface area contributed by atoms with Gasteiger partial charge in [0.1, 0.15) is 0 Å². The molecule has 10 heteroatoms. The number of aliphatic carboxylic acids is 2. The van der Waals surface area contributed by atoms with Crippen molar-refractivity contribution in [3.63, 3.8) is 0 Å². The molecule has 0 saturated carbocycles. The maximum absolute atomic E-state index is 9.98. The second-order valence-electron chi connectivity index (χ2n) is 2.25. The average Bonchev–Trinajstić information content (AvgIpc) is 2.16.